The molecule has 0 aliphatic carbocycles. The van der Waals surface area contributed by atoms with Crippen molar-refractivity contribution in [1.82, 2.24) is 4.90 Å². The van der Waals surface area contributed by atoms with E-state index >= 15 is 0 Å². The lowest BCUT2D eigenvalue weighted by Crippen LogP contribution is -2.41. The number of aliphatic carboxylic acids is 1. The molecule has 2 heterocycles. The third-order valence-corrected chi connectivity index (χ3v) is 5.06. The van der Waals surface area contributed by atoms with Gasteiger partial charge in [-0.25, -0.2) is 0 Å². The number of hydrogen-bond donors (Lipinski definition) is 1. The van der Waals surface area contributed by atoms with E-state index in [2.05, 4.69) is 0 Å². The topological polar surface area (TPSA) is 104 Å². The van der Waals surface area contributed by atoms with E-state index in [0.717, 1.165) is 0 Å². The van der Waals surface area contributed by atoms with Gasteiger partial charge in [0.15, 0.2) is 0 Å². The van der Waals surface area contributed by atoms with Gasteiger partial charge in [0.05, 0.1) is 28.5 Å². The molecule has 0 radical (unpaired) electrons. The molecule has 2 saturated heterocycles. The Balaban J connectivity index is 1.78. The first-order chi connectivity index (χ1) is 12.6. The van der Waals surface area contributed by atoms with Crippen LogP contribution >= 0.6 is 0 Å². The molecule has 2 aliphatic heterocycles. The smallest absolute Gasteiger partial charge is 0.393 e. The molecule has 27 heavy (non-hydrogen) atoms. The molecule has 3 atom stereocenters. The number of carbonyl (C=O) groups is 2. The number of carboxylic acid groups (broad SMARTS) is 1. The van der Waals surface area contributed by atoms with Crippen LogP contribution in [-0.2, 0) is 9.59 Å². The Hall–Kier alpha value is -2.69. The summed E-state index contributed by atoms with van der Waals surface area (Å²) < 4.78 is 39.4. The highest BCUT2D eigenvalue weighted by atomic mass is 19.4. The van der Waals surface area contributed by atoms with Crippen molar-refractivity contribution in [3.63, 3.8) is 0 Å². The van der Waals surface area contributed by atoms with Crippen LogP contribution < -0.4 is 4.90 Å². The maximum Gasteiger partial charge on any atom is 0.393 e. The van der Waals surface area contributed by atoms with Crippen LogP contribution in [0, 0.1) is 22.0 Å². The molecule has 2 aliphatic rings. The van der Waals surface area contributed by atoms with E-state index in [1.54, 1.807) is 0 Å². The zero-order valence-corrected chi connectivity index (χ0v) is 13.9. The molecular formula is C16H16F3N3O5. The Bertz CT molecular complexity index is 785. The summed E-state index contributed by atoms with van der Waals surface area (Å²) in [6.07, 6.45) is -4.45. The Morgan fingerprint density at radius 3 is 2.56 bits per heavy atom. The van der Waals surface area contributed by atoms with Crippen molar-refractivity contribution < 1.29 is 32.8 Å². The summed E-state index contributed by atoms with van der Waals surface area (Å²) in [5, 5.41) is 20.0. The van der Waals surface area contributed by atoms with Gasteiger partial charge in [0.2, 0.25) is 5.91 Å². The number of carbonyl (C=O) groups excluding carboxylic acids is 1. The largest absolute Gasteiger partial charge is 0.481 e. The molecule has 1 unspecified atom stereocenters. The average molecular weight is 387 g/mol. The van der Waals surface area contributed by atoms with Crippen LogP contribution in [0.4, 0.5) is 24.5 Å². The molecule has 11 heteroatoms. The lowest BCUT2D eigenvalue weighted by molar-refractivity contribution is -0.384. The van der Waals surface area contributed by atoms with Crippen molar-refractivity contribution >= 4 is 23.3 Å². The van der Waals surface area contributed by atoms with Gasteiger partial charge in [-0.15, -0.1) is 0 Å². The number of nitro groups is 1. The molecule has 0 saturated carbocycles. The molecule has 146 valence electrons. The third kappa shape index (κ3) is 3.59. The second-order valence-electron chi connectivity index (χ2n) is 6.62. The molecule has 1 aromatic carbocycles. The average Bonchev–Trinajstić information content (AvgIpc) is 3.18. The molecule has 0 spiro atoms. The van der Waals surface area contributed by atoms with Crippen molar-refractivity contribution in [1.29, 1.82) is 0 Å². The minimum Gasteiger partial charge on any atom is -0.481 e. The summed E-state index contributed by atoms with van der Waals surface area (Å²) in [5.41, 5.74) is 0.0889. The summed E-state index contributed by atoms with van der Waals surface area (Å²) >= 11 is 0. The van der Waals surface area contributed by atoms with E-state index in [9.17, 15) is 32.9 Å². The van der Waals surface area contributed by atoms with Crippen molar-refractivity contribution in [3.8, 4) is 0 Å². The van der Waals surface area contributed by atoms with E-state index in [1.807, 2.05) is 0 Å². The first-order valence-electron chi connectivity index (χ1n) is 8.19. The number of benzene rings is 1. The van der Waals surface area contributed by atoms with E-state index in [0.29, 0.717) is 0 Å². The van der Waals surface area contributed by atoms with Crippen molar-refractivity contribution in [3.05, 3.63) is 34.4 Å². The molecule has 1 aromatic rings. The minimum atomic E-state index is -4.67. The van der Waals surface area contributed by atoms with E-state index < -0.39 is 47.4 Å². The van der Waals surface area contributed by atoms with Gasteiger partial charge in [0, 0.05) is 31.8 Å². The molecule has 1 N–H and O–H groups in total. The fraction of sp³-hybridized carbons (Fsp3) is 0.500. The number of nitro benzene ring substituents is 1. The summed E-state index contributed by atoms with van der Waals surface area (Å²) in [4.78, 5) is 36.7. The van der Waals surface area contributed by atoms with Gasteiger partial charge in [0.25, 0.3) is 5.69 Å². The van der Waals surface area contributed by atoms with Crippen LogP contribution in [0.3, 0.4) is 0 Å². The molecule has 2 fully saturated rings. The molecule has 0 aromatic heterocycles. The predicted octanol–water partition coefficient (Wildman–Crippen LogP) is 1.89. The van der Waals surface area contributed by atoms with E-state index in [1.165, 1.54) is 34.1 Å². The van der Waals surface area contributed by atoms with Crippen LogP contribution in [-0.4, -0.2) is 58.7 Å². The van der Waals surface area contributed by atoms with Gasteiger partial charge >= 0.3 is 12.1 Å². The Morgan fingerprint density at radius 1 is 1.30 bits per heavy atom. The highest BCUT2D eigenvalue weighted by molar-refractivity contribution is 5.99. The number of hydrogen-bond acceptors (Lipinski definition) is 5. The number of likely N-dealkylation sites (tertiary alicyclic amines) is 1. The zero-order valence-electron chi connectivity index (χ0n) is 13.9. The zero-order chi connectivity index (χ0) is 19.9. The lowest BCUT2D eigenvalue weighted by atomic mass is 9.96. The fourth-order valence-corrected chi connectivity index (χ4v) is 3.71. The molecular weight excluding hydrogens is 371 g/mol. The highest BCUT2D eigenvalue weighted by Gasteiger charge is 2.55. The number of rotatable bonds is 4. The fourth-order valence-electron chi connectivity index (χ4n) is 3.71. The van der Waals surface area contributed by atoms with Crippen LogP contribution in [0.25, 0.3) is 0 Å². The van der Waals surface area contributed by atoms with Crippen LogP contribution in [0.2, 0.25) is 0 Å². The van der Waals surface area contributed by atoms with E-state index in [4.69, 9.17) is 5.11 Å². The number of carboxylic acids is 1. The standard InChI is InChI=1S/C16H16F3N3O5/c17-16(18,19)12-8-20(7-11(12)15(24)25)13-4-5-21(14(13)23)9-2-1-3-10(6-9)22(26)27/h1-3,6,11-13H,4-5,7-8H2,(H,24,25)/t11-,12-,13?/m1/s1. The third-order valence-electron chi connectivity index (χ3n) is 5.06. The number of nitrogens with zero attached hydrogens (tertiary/aromatic N) is 3. The Kier molecular flexibility index (Phi) is 4.81. The number of amides is 1. The van der Waals surface area contributed by atoms with Crippen molar-refractivity contribution in [2.24, 2.45) is 11.8 Å². The summed E-state index contributed by atoms with van der Waals surface area (Å²) in [6.45, 7) is -0.728. The molecule has 1 amide bonds. The maximum atomic E-state index is 13.1. The minimum absolute atomic E-state index is 0.190. The SMILES string of the molecule is O=C(O)[C@@H]1CN(C2CCN(c3cccc([N+](=O)[O-])c3)C2=O)C[C@H]1C(F)(F)F. The van der Waals surface area contributed by atoms with Gasteiger partial charge in [-0.2, -0.15) is 13.2 Å². The maximum absolute atomic E-state index is 13.1. The van der Waals surface area contributed by atoms with Gasteiger partial charge in [-0.05, 0) is 12.5 Å². The number of non-ortho nitro benzene ring substituents is 1. The number of anilines is 1. The first-order valence-corrected chi connectivity index (χ1v) is 8.19. The normalized spacial score (nSPS) is 26.6. The van der Waals surface area contributed by atoms with Crippen LogP contribution in [0.5, 0.6) is 0 Å². The highest BCUT2D eigenvalue weighted by Crippen LogP contribution is 2.40. The van der Waals surface area contributed by atoms with Gasteiger partial charge in [-0.3, -0.25) is 24.6 Å². The van der Waals surface area contributed by atoms with Crippen molar-refractivity contribution in [2.75, 3.05) is 24.5 Å². The lowest BCUT2D eigenvalue weighted by Gasteiger charge is -2.23. The molecule has 8 nitrogen and oxygen atoms in total. The number of halogens is 3. The second-order valence-corrected chi connectivity index (χ2v) is 6.62. The van der Waals surface area contributed by atoms with Crippen LogP contribution in [0.15, 0.2) is 24.3 Å². The monoisotopic (exact) mass is 387 g/mol. The van der Waals surface area contributed by atoms with Crippen molar-refractivity contribution in [2.45, 2.75) is 18.6 Å². The quantitative estimate of drug-likeness (QED) is 0.625. The predicted molar refractivity (Wildman–Crippen MR) is 86.1 cm³/mol. The summed E-state index contributed by atoms with van der Waals surface area (Å²) in [5.74, 6) is -5.68. The van der Waals surface area contributed by atoms with Gasteiger partial charge in [0.1, 0.15) is 0 Å². The van der Waals surface area contributed by atoms with Gasteiger partial charge in [-0.1, -0.05) is 6.07 Å². The summed E-state index contributed by atoms with van der Waals surface area (Å²) in [6, 6.07) is 4.55. The van der Waals surface area contributed by atoms with Crippen LogP contribution in [0.1, 0.15) is 6.42 Å². The first kappa shape index (κ1) is 19.1. The Labute approximate surface area is 151 Å². The Morgan fingerprint density at radius 2 is 2.00 bits per heavy atom. The molecule has 0 bridgehead atoms. The second kappa shape index (κ2) is 6.80. The molecule has 3 rings (SSSR count). The number of alkyl halides is 3. The summed E-state index contributed by atoms with van der Waals surface area (Å²) in [7, 11) is 0. The van der Waals surface area contributed by atoms with E-state index in [-0.39, 0.29) is 30.9 Å². The van der Waals surface area contributed by atoms with Gasteiger partial charge < -0.3 is 10.0 Å².